The number of amides is 2. The SMILES string of the molecule is N[NH+]=C(N)NC(N)=O. The van der Waals surface area contributed by atoms with Crippen molar-refractivity contribution in [2.75, 3.05) is 0 Å². The third-order valence-electron chi connectivity index (χ3n) is 0.413. The summed E-state index contributed by atoms with van der Waals surface area (Å²) in [5.41, 5.74) is 9.56. The van der Waals surface area contributed by atoms with Crippen LogP contribution in [0.4, 0.5) is 4.79 Å². The largest absolute Gasteiger partial charge is 0.377 e. The molecule has 0 spiro atoms. The Morgan fingerprint density at radius 3 is 2.12 bits per heavy atom. The van der Waals surface area contributed by atoms with Gasteiger partial charge in [-0.1, -0.05) is 0 Å². The molecular formula is C2H8N5O+. The third-order valence-corrected chi connectivity index (χ3v) is 0.413. The van der Waals surface area contributed by atoms with E-state index in [1.165, 1.54) is 0 Å². The lowest BCUT2D eigenvalue weighted by Gasteiger charge is -1.86. The van der Waals surface area contributed by atoms with Crippen molar-refractivity contribution in [1.82, 2.24) is 5.32 Å². The fourth-order valence-electron chi connectivity index (χ4n) is 0.169. The molecule has 2 amide bonds. The molecule has 0 saturated carbocycles. The van der Waals surface area contributed by atoms with Gasteiger partial charge in [-0.05, 0) is 0 Å². The summed E-state index contributed by atoms with van der Waals surface area (Å²) in [6.07, 6.45) is 0. The zero-order valence-electron chi connectivity index (χ0n) is 4.14. The van der Waals surface area contributed by atoms with Gasteiger partial charge >= 0.3 is 12.0 Å². The molecule has 0 saturated heterocycles. The van der Waals surface area contributed by atoms with Crippen molar-refractivity contribution in [3.05, 3.63) is 0 Å². The van der Waals surface area contributed by atoms with Crippen molar-refractivity contribution in [2.45, 2.75) is 0 Å². The van der Waals surface area contributed by atoms with E-state index < -0.39 is 6.03 Å². The number of nitrogens with one attached hydrogen (secondary N) is 2. The molecule has 46 valence electrons. The van der Waals surface area contributed by atoms with Gasteiger partial charge in [0.1, 0.15) is 0 Å². The molecule has 0 fully saturated rings. The third kappa shape index (κ3) is 2.76. The lowest BCUT2D eigenvalue weighted by atomic mass is 10.9. The molecule has 0 atom stereocenters. The molecule has 8 N–H and O–H groups in total. The first kappa shape index (κ1) is 6.54. The average Bonchev–Trinajstić information content (AvgIpc) is 1.65. The Hall–Kier alpha value is -1.46. The molecular weight excluding hydrogens is 110 g/mol. The Balaban J connectivity index is 3.56. The Labute approximate surface area is 45.7 Å². The van der Waals surface area contributed by atoms with E-state index in [0.717, 1.165) is 0 Å². The van der Waals surface area contributed by atoms with E-state index in [1.807, 2.05) is 10.4 Å². The first-order chi connectivity index (χ1) is 3.66. The van der Waals surface area contributed by atoms with Crippen LogP contribution in [0.1, 0.15) is 0 Å². The highest BCUT2D eigenvalue weighted by Gasteiger charge is 1.99. The number of urea groups is 1. The van der Waals surface area contributed by atoms with Gasteiger partial charge in [0.05, 0.1) is 0 Å². The summed E-state index contributed by atoms with van der Waals surface area (Å²) in [6.45, 7) is 0. The molecule has 0 radical (unpaired) electrons. The van der Waals surface area contributed by atoms with Crippen LogP contribution in [0.15, 0.2) is 0 Å². The van der Waals surface area contributed by atoms with Crippen molar-refractivity contribution in [2.24, 2.45) is 17.3 Å². The quantitative estimate of drug-likeness (QED) is 0.0962. The lowest BCUT2D eigenvalue weighted by molar-refractivity contribution is -0.472. The maximum absolute atomic E-state index is 9.88. The molecule has 0 aromatic heterocycles. The second kappa shape index (κ2) is 2.67. The minimum Gasteiger partial charge on any atom is -0.338 e. The number of hydrogen-bond donors (Lipinski definition) is 5. The van der Waals surface area contributed by atoms with Crippen molar-refractivity contribution in [3.63, 3.8) is 0 Å². The summed E-state index contributed by atoms with van der Waals surface area (Å²) >= 11 is 0. The molecule has 0 aliphatic rings. The van der Waals surface area contributed by atoms with Crippen LogP contribution in [0, 0.1) is 0 Å². The van der Waals surface area contributed by atoms with Crippen molar-refractivity contribution in [1.29, 1.82) is 0 Å². The number of hydrazone groups is 1. The molecule has 0 unspecified atom stereocenters. The fraction of sp³-hybridized carbons (Fsp3) is 0. The molecule has 6 heteroatoms. The number of guanidine groups is 1. The summed E-state index contributed by atoms with van der Waals surface area (Å²) < 4.78 is 0. The number of hydrogen-bond acceptors (Lipinski definition) is 2. The highest BCUT2D eigenvalue weighted by atomic mass is 16.2. The number of primary amides is 1. The zero-order chi connectivity index (χ0) is 6.57. The van der Waals surface area contributed by atoms with Crippen LogP contribution in [-0.4, -0.2) is 12.0 Å². The van der Waals surface area contributed by atoms with Crippen LogP contribution in [0.5, 0.6) is 0 Å². The van der Waals surface area contributed by atoms with Crippen LogP contribution in [0.2, 0.25) is 0 Å². The van der Waals surface area contributed by atoms with Crippen LogP contribution in [-0.2, 0) is 0 Å². The number of hydrazine groups is 1. The van der Waals surface area contributed by atoms with Crippen LogP contribution < -0.4 is 27.7 Å². The second-order valence-corrected chi connectivity index (χ2v) is 1.05. The maximum atomic E-state index is 9.88. The van der Waals surface area contributed by atoms with Crippen LogP contribution in [0.3, 0.4) is 0 Å². The van der Waals surface area contributed by atoms with E-state index in [2.05, 4.69) is 5.73 Å². The molecule has 0 rings (SSSR count). The normalized spacial score (nSPS) is 10.8. The van der Waals surface area contributed by atoms with Crippen molar-refractivity contribution >= 4 is 12.0 Å². The maximum Gasteiger partial charge on any atom is 0.377 e. The van der Waals surface area contributed by atoms with Gasteiger partial charge in [-0.15, -0.1) is 0 Å². The minimum absolute atomic E-state index is 0.0718. The van der Waals surface area contributed by atoms with Gasteiger partial charge in [0, 0.05) is 0 Å². The summed E-state index contributed by atoms with van der Waals surface area (Å²) in [6, 6.07) is -0.750. The molecule has 0 aromatic carbocycles. The first-order valence-corrected chi connectivity index (χ1v) is 1.82. The summed E-state index contributed by atoms with van der Waals surface area (Å²) in [5.74, 6) is 4.67. The van der Waals surface area contributed by atoms with Gasteiger partial charge in [0.25, 0.3) is 0 Å². The van der Waals surface area contributed by atoms with Gasteiger partial charge in [0.15, 0.2) is 0 Å². The Kier molecular flexibility index (Phi) is 2.18. The molecule has 0 bridgehead atoms. The first-order valence-electron chi connectivity index (χ1n) is 1.82. The van der Waals surface area contributed by atoms with Gasteiger partial charge in [-0.3, -0.25) is 11.6 Å². The average molecular weight is 118 g/mol. The predicted molar refractivity (Wildman–Crippen MR) is 27.1 cm³/mol. The van der Waals surface area contributed by atoms with Gasteiger partial charge in [0.2, 0.25) is 0 Å². The topological polar surface area (TPSA) is 121 Å². The van der Waals surface area contributed by atoms with Gasteiger partial charge < -0.3 is 5.73 Å². The molecule has 0 aliphatic carbocycles. The van der Waals surface area contributed by atoms with E-state index in [1.54, 1.807) is 0 Å². The van der Waals surface area contributed by atoms with Gasteiger partial charge in [-0.25, -0.2) is 4.79 Å². The number of rotatable bonds is 0. The Morgan fingerprint density at radius 1 is 1.50 bits per heavy atom. The Morgan fingerprint density at radius 2 is 2.00 bits per heavy atom. The molecule has 0 heterocycles. The van der Waals surface area contributed by atoms with E-state index in [4.69, 9.17) is 11.6 Å². The van der Waals surface area contributed by atoms with Crippen LogP contribution >= 0.6 is 0 Å². The zero-order valence-corrected chi connectivity index (χ0v) is 4.14. The minimum atomic E-state index is -0.750. The summed E-state index contributed by atoms with van der Waals surface area (Å²) in [4.78, 5) is 9.88. The van der Waals surface area contributed by atoms with E-state index in [0.29, 0.717) is 0 Å². The second-order valence-electron chi connectivity index (χ2n) is 1.05. The number of nitrogens with two attached hydrogens (primary N) is 3. The predicted octanol–water partition coefficient (Wildman–Crippen LogP) is -4.08. The van der Waals surface area contributed by atoms with E-state index in [-0.39, 0.29) is 5.96 Å². The molecule has 0 aliphatic heterocycles. The molecule has 6 nitrogen and oxygen atoms in total. The standard InChI is InChI=1S/C2H7N5O/c3-1(7-5)6-2(4)8/h5H2,(H5,3,4,6,7,8)/p+1. The lowest BCUT2D eigenvalue weighted by Crippen LogP contribution is -2.85. The highest BCUT2D eigenvalue weighted by Crippen LogP contribution is 1.44. The van der Waals surface area contributed by atoms with E-state index in [9.17, 15) is 4.79 Å². The molecule has 0 aromatic rings. The van der Waals surface area contributed by atoms with Crippen LogP contribution in [0.25, 0.3) is 0 Å². The smallest absolute Gasteiger partial charge is 0.338 e. The summed E-state index contributed by atoms with van der Waals surface area (Å²) in [7, 11) is 0. The van der Waals surface area contributed by atoms with Gasteiger partial charge in [-0.2, -0.15) is 10.4 Å². The molecule has 8 heavy (non-hydrogen) atoms. The van der Waals surface area contributed by atoms with E-state index >= 15 is 0 Å². The monoisotopic (exact) mass is 118 g/mol. The number of carbonyl (C=O) groups is 1. The Bertz CT molecular complexity index is 118. The highest BCUT2D eigenvalue weighted by molar-refractivity contribution is 5.91. The van der Waals surface area contributed by atoms with Crippen molar-refractivity contribution < 1.29 is 9.90 Å². The summed E-state index contributed by atoms with van der Waals surface area (Å²) in [5, 5.41) is 3.97. The van der Waals surface area contributed by atoms with Crippen molar-refractivity contribution in [3.8, 4) is 0 Å². The fourth-order valence-corrected chi connectivity index (χ4v) is 0.169. The number of carbonyl (C=O) groups excluding carboxylic acids is 1.